The fraction of sp³-hybridized carbons (Fsp3) is 0.250. The van der Waals surface area contributed by atoms with E-state index in [1.165, 1.54) is 12.1 Å². The molecule has 0 aliphatic carbocycles. The van der Waals surface area contributed by atoms with Gasteiger partial charge >= 0.3 is 0 Å². The second-order valence-corrected chi connectivity index (χ2v) is 7.90. The van der Waals surface area contributed by atoms with E-state index in [9.17, 15) is 10.1 Å². The summed E-state index contributed by atoms with van der Waals surface area (Å²) in [6.45, 7) is 1.74. The standard InChI is InChI=1S/C24H25BrN2O5/c1-30-22-6-4-3-5-18(22)11-12-26-15-19-13-23(31-2)24(14-21(19)25)32-16-17-7-9-20(10-8-17)27(28)29/h3-10,13-14,26H,11-12,15-16H2,1-2H3. The zero-order chi connectivity index (χ0) is 22.9. The minimum Gasteiger partial charge on any atom is -0.496 e. The summed E-state index contributed by atoms with van der Waals surface area (Å²) in [5, 5.41) is 14.2. The second-order valence-electron chi connectivity index (χ2n) is 7.05. The van der Waals surface area contributed by atoms with E-state index in [-0.39, 0.29) is 12.3 Å². The van der Waals surface area contributed by atoms with Gasteiger partial charge in [0.15, 0.2) is 11.5 Å². The first kappa shape index (κ1) is 23.6. The van der Waals surface area contributed by atoms with Crippen molar-refractivity contribution in [3.63, 3.8) is 0 Å². The summed E-state index contributed by atoms with van der Waals surface area (Å²) >= 11 is 3.61. The highest BCUT2D eigenvalue weighted by molar-refractivity contribution is 9.10. The highest BCUT2D eigenvalue weighted by atomic mass is 79.9. The molecule has 168 valence electrons. The number of non-ortho nitro benzene ring substituents is 1. The summed E-state index contributed by atoms with van der Waals surface area (Å²) in [5.41, 5.74) is 3.09. The molecule has 3 aromatic carbocycles. The summed E-state index contributed by atoms with van der Waals surface area (Å²) in [6, 6.07) is 18.1. The highest BCUT2D eigenvalue weighted by Crippen LogP contribution is 2.34. The largest absolute Gasteiger partial charge is 0.496 e. The molecule has 3 aromatic rings. The summed E-state index contributed by atoms with van der Waals surface area (Å²) < 4.78 is 17.7. The van der Waals surface area contributed by atoms with E-state index in [1.54, 1.807) is 26.4 Å². The lowest BCUT2D eigenvalue weighted by molar-refractivity contribution is -0.384. The number of ether oxygens (including phenoxy) is 3. The molecule has 0 fully saturated rings. The Bertz CT molecular complexity index is 1060. The van der Waals surface area contributed by atoms with Crippen LogP contribution < -0.4 is 19.5 Å². The quantitative estimate of drug-likeness (QED) is 0.219. The van der Waals surface area contributed by atoms with Crippen LogP contribution in [-0.2, 0) is 19.6 Å². The maximum atomic E-state index is 10.8. The molecule has 0 bridgehead atoms. The van der Waals surface area contributed by atoms with E-state index in [0.717, 1.165) is 39.9 Å². The Morgan fingerprint density at radius 3 is 2.34 bits per heavy atom. The van der Waals surface area contributed by atoms with Gasteiger partial charge in [0.05, 0.1) is 19.1 Å². The molecule has 0 amide bonds. The molecular formula is C24H25BrN2O5. The Kier molecular flexibility index (Phi) is 8.47. The summed E-state index contributed by atoms with van der Waals surface area (Å²) in [6.07, 6.45) is 0.856. The van der Waals surface area contributed by atoms with Gasteiger partial charge in [0.25, 0.3) is 5.69 Å². The fourth-order valence-corrected chi connectivity index (χ4v) is 3.68. The van der Waals surface area contributed by atoms with Crippen LogP contribution in [-0.4, -0.2) is 25.7 Å². The number of halogens is 1. The van der Waals surface area contributed by atoms with E-state index in [4.69, 9.17) is 14.2 Å². The van der Waals surface area contributed by atoms with Crippen LogP contribution in [0.1, 0.15) is 16.7 Å². The molecule has 0 aliphatic rings. The molecule has 8 heteroatoms. The smallest absolute Gasteiger partial charge is 0.269 e. The highest BCUT2D eigenvalue weighted by Gasteiger charge is 2.12. The zero-order valence-corrected chi connectivity index (χ0v) is 19.6. The van der Waals surface area contributed by atoms with Gasteiger partial charge in [-0.1, -0.05) is 34.1 Å². The first-order chi connectivity index (χ1) is 15.5. The second kappa shape index (κ2) is 11.5. The van der Waals surface area contributed by atoms with Crippen molar-refractivity contribution in [2.45, 2.75) is 19.6 Å². The van der Waals surface area contributed by atoms with Crippen LogP contribution in [0.3, 0.4) is 0 Å². The van der Waals surface area contributed by atoms with Gasteiger partial charge in [-0.25, -0.2) is 0 Å². The normalized spacial score (nSPS) is 10.6. The molecule has 1 N–H and O–H groups in total. The Morgan fingerprint density at radius 1 is 0.938 bits per heavy atom. The molecular weight excluding hydrogens is 476 g/mol. The fourth-order valence-electron chi connectivity index (χ4n) is 3.22. The summed E-state index contributed by atoms with van der Waals surface area (Å²) in [7, 11) is 3.28. The van der Waals surface area contributed by atoms with Gasteiger partial charge in [0, 0.05) is 23.2 Å². The Labute approximate surface area is 195 Å². The molecule has 0 spiro atoms. The molecule has 3 rings (SSSR count). The SMILES string of the molecule is COc1ccccc1CCNCc1cc(OC)c(OCc2ccc([N+](=O)[O-])cc2)cc1Br. The van der Waals surface area contributed by atoms with Gasteiger partial charge < -0.3 is 19.5 Å². The molecule has 0 radical (unpaired) electrons. The third-order valence-electron chi connectivity index (χ3n) is 4.95. The molecule has 0 saturated carbocycles. The summed E-state index contributed by atoms with van der Waals surface area (Å²) in [5.74, 6) is 2.11. The molecule has 0 heterocycles. The van der Waals surface area contributed by atoms with Crippen LogP contribution in [0.2, 0.25) is 0 Å². The van der Waals surface area contributed by atoms with Crippen LogP contribution in [0.5, 0.6) is 17.2 Å². The number of nitrogens with one attached hydrogen (secondary N) is 1. The van der Waals surface area contributed by atoms with Crippen LogP contribution in [0.4, 0.5) is 5.69 Å². The number of rotatable bonds is 11. The lowest BCUT2D eigenvalue weighted by Crippen LogP contribution is -2.17. The van der Waals surface area contributed by atoms with Gasteiger partial charge in [-0.15, -0.1) is 0 Å². The molecule has 0 atom stereocenters. The Hall–Kier alpha value is -3.10. The maximum absolute atomic E-state index is 10.8. The van der Waals surface area contributed by atoms with Crippen molar-refractivity contribution in [2.75, 3.05) is 20.8 Å². The van der Waals surface area contributed by atoms with Crippen molar-refractivity contribution in [1.29, 1.82) is 0 Å². The molecule has 32 heavy (non-hydrogen) atoms. The van der Waals surface area contributed by atoms with Crippen LogP contribution in [0.25, 0.3) is 0 Å². The number of hydrogen-bond acceptors (Lipinski definition) is 6. The van der Waals surface area contributed by atoms with Crippen LogP contribution in [0.15, 0.2) is 65.1 Å². The number of nitrogens with zero attached hydrogens (tertiary/aromatic N) is 1. The van der Waals surface area contributed by atoms with E-state index in [1.807, 2.05) is 30.3 Å². The van der Waals surface area contributed by atoms with Gasteiger partial charge in [0.1, 0.15) is 12.4 Å². The number of nitro benzene ring substituents is 1. The molecule has 0 saturated heterocycles. The lowest BCUT2D eigenvalue weighted by atomic mass is 10.1. The Morgan fingerprint density at radius 2 is 1.66 bits per heavy atom. The van der Waals surface area contributed by atoms with Crippen molar-refractivity contribution in [3.8, 4) is 17.2 Å². The average molecular weight is 501 g/mol. The van der Waals surface area contributed by atoms with Crippen molar-refractivity contribution in [2.24, 2.45) is 0 Å². The first-order valence-corrected chi connectivity index (χ1v) is 10.9. The number of nitro groups is 1. The third-order valence-corrected chi connectivity index (χ3v) is 5.69. The number of methoxy groups -OCH3 is 2. The zero-order valence-electron chi connectivity index (χ0n) is 18.0. The molecule has 0 aliphatic heterocycles. The minimum atomic E-state index is -0.423. The summed E-state index contributed by atoms with van der Waals surface area (Å²) in [4.78, 5) is 10.4. The number of benzene rings is 3. The monoisotopic (exact) mass is 500 g/mol. The van der Waals surface area contributed by atoms with Crippen LogP contribution >= 0.6 is 15.9 Å². The molecule has 0 aromatic heterocycles. The Balaban J connectivity index is 1.58. The predicted molar refractivity (Wildman–Crippen MR) is 127 cm³/mol. The van der Waals surface area contributed by atoms with Gasteiger partial charge in [0.2, 0.25) is 0 Å². The van der Waals surface area contributed by atoms with Crippen molar-refractivity contribution < 1.29 is 19.1 Å². The van der Waals surface area contributed by atoms with Gasteiger partial charge in [-0.2, -0.15) is 0 Å². The number of para-hydroxylation sites is 1. The van der Waals surface area contributed by atoms with Gasteiger partial charge in [-0.3, -0.25) is 10.1 Å². The molecule has 7 nitrogen and oxygen atoms in total. The predicted octanol–water partition coefficient (Wildman–Crippen LogP) is 5.29. The van der Waals surface area contributed by atoms with Gasteiger partial charge in [-0.05, 0) is 60.0 Å². The lowest BCUT2D eigenvalue weighted by Gasteiger charge is -2.15. The first-order valence-electron chi connectivity index (χ1n) is 10.1. The van der Waals surface area contributed by atoms with Crippen molar-refractivity contribution in [3.05, 3.63) is 91.9 Å². The van der Waals surface area contributed by atoms with Crippen molar-refractivity contribution >= 4 is 21.6 Å². The van der Waals surface area contributed by atoms with Crippen LogP contribution in [0, 0.1) is 10.1 Å². The molecule has 0 unspecified atom stereocenters. The van der Waals surface area contributed by atoms with E-state index in [0.29, 0.717) is 18.0 Å². The van der Waals surface area contributed by atoms with E-state index >= 15 is 0 Å². The topological polar surface area (TPSA) is 82.9 Å². The number of hydrogen-bond donors (Lipinski definition) is 1. The average Bonchev–Trinajstić information content (AvgIpc) is 2.81. The third kappa shape index (κ3) is 6.21. The van der Waals surface area contributed by atoms with E-state index in [2.05, 4.69) is 27.3 Å². The van der Waals surface area contributed by atoms with Crippen molar-refractivity contribution in [1.82, 2.24) is 5.32 Å². The minimum absolute atomic E-state index is 0.0524. The maximum Gasteiger partial charge on any atom is 0.269 e. The van der Waals surface area contributed by atoms with E-state index < -0.39 is 4.92 Å².